The monoisotopic (exact) mass is 598 g/mol. The number of hydrogen-bond donors (Lipinski definition) is 4. The summed E-state index contributed by atoms with van der Waals surface area (Å²) in [4.78, 5) is 28.9. The molecular weight excluding hydrogens is 556 g/mol. The Hall–Kier alpha value is -3.80. The minimum absolute atomic E-state index is 0.0279. The third-order valence-corrected chi connectivity index (χ3v) is 7.87. The van der Waals surface area contributed by atoms with E-state index in [1.165, 1.54) is 7.11 Å². The highest BCUT2D eigenvalue weighted by Gasteiger charge is 2.51. The molecule has 0 fully saturated rings. The maximum absolute atomic E-state index is 13.7. The molecule has 4 rings (SSSR count). The van der Waals surface area contributed by atoms with Crippen LogP contribution in [0.1, 0.15) is 42.9 Å². The van der Waals surface area contributed by atoms with Gasteiger partial charge in [-0.1, -0.05) is 13.8 Å². The zero-order chi connectivity index (χ0) is 31.3. The Morgan fingerprint density at radius 2 is 1.79 bits per heavy atom. The van der Waals surface area contributed by atoms with Gasteiger partial charge >= 0.3 is 0 Å². The molecular formula is C32H42N2O9. The average molecular weight is 599 g/mol. The molecule has 11 nitrogen and oxygen atoms in total. The second kappa shape index (κ2) is 14.1. The van der Waals surface area contributed by atoms with Crippen LogP contribution in [0.2, 0.25) is 0 Å². The lowest BCUT2D eigenvalue weighted by Crippen LogP contribution is -2.56. The van der Waals surface area contributed by atoms with Crippen LogP contribution in [-0.4, -0.2) is 91.3 Å². The predicted molar refractivity (Wildman–Crippen MR) is 158 cm³/mol. The zero-order valence-electron chi connectivity index (χ0n) is 25.3. The van der Waals surface area contributed by atoms with Gasteiger partial charge in [0.15, 0.2) is 11.5 Å². The number of rotatable bonds is 13. The first-order chi connectivity index (χ1) is 20.7. The highest BCUT2D eigenvalue weighted by Crippen LogP contribution is 2.51. The lowest BCUT2D eigenvalue weighted by Gasteiger charge is -2.41. The topological polar surface area (TPSA) is 147 Å². The maximum Gasteiger partial charge on any atom is 0.247 e. The van der Waals surface area contributed by atoms with Crippen molar-refractivity contribution in [2.75, 3.05) is 41.0 Å². The van der Waals surface area contributed by atoms with Gasteiger partial charge in [-0.3, -0.25) is 9.59 Å². The Bertz CT molecular complexity index is 1340. The third-order valence-electron chi connectivity index (χ3n) is 7.87. The molecule has 4 N–H and O–H groups in total. The second-order valence-electron chi connectivity index (χ2n) is 11.1. The number of hydrogen-bond acceptors (Lipinski definition) is 9. The van der Waals surface area contributed by atoms with E-state index in [2.05, 4.69) is 5.32 Å². The van der Waals surface area contributed by atoms with Crippen molar-refractivity contribution in [1.82, 2.24) is 10.2 Å². The lowest BCUT2D eigenvalue weighted by atomic mass is 9.77. The number of carbonyl (C=O) groups excluding carboxylic acids is 2. The molecule has 11 heteroatoms. The molecule has 4 atom stereocenters. The van der Waals surface area contributed by atoms with E-state index in [4.69, 9.17) is 18.9 Å². The average Bonchev–Trinajstić information content (AvgIpc) is 3.39. The van der Waals surface area contributed by atoms with Gasteiger partial charge in [0.25, 0.3) is 0 Å². The number of aliphatic hydroxyl groups is 3. The first-order valence-electron chi connectivity index (χ1n) is 14.4. The van der Waals surface area contributed by atoms with Crippen LogP contribution < -0.4 is 24.3 Å². The summed E-state index contributed by atoms with van der Waals surface area (Å²) in [6, 6.07) is 7.93. The molecule has 43 heavy (non-hydrogen) atoms. The first-order valence-corrected chi connectivity index (χ1v) is 14.4. The molecule has 2 amide bonds. The number of nitrogens with zero attached hydrogens (tertiary/aromatic N) is 1. The summed E-state index contributed by atoms with van der Waals surface area (Å²) in [5, 5.41) is 33.8. The summed E-state index contributed by atoms with van der Waals surface area (Å²) in [6.07, 6.45) is 0.161. The molecule has 2 aliphatic rings. The Balaban J connectivity index is 1.78. The van der Waals surface area contributed by atoms with Crippen LogP contribution in [0.15, 0.2) is 42.0 Å². The Labute approximate surface area is 252 Å². The fourth-order valence-electron chi connectivity index (χ4n) is 5.84. The summed E-state index contributed by atoms with van der Waals surface area (Å²) in [7, 11) is 4.62. The molecule has 4 unspecified atom stereocenters. The normalized spacial score (nSPS) is 20.4. The van der Waals surface area contributed by atoms with Crippen LogP contribution in [0.4, 0.5) is 0 Å². The highest BCUT2D eigenvalue weighted by atomic mass is 16.5. The van der Waals surface area contributed by atoms with E-state index in [0.29, 0.717) is 46.1 Å². The van der Waals surface area contributed by atoms with Gasteiger partial charge in [0.05, 0.1) is 46.5 Å². The summed E-state index contributed by atoms with van der Waals surface area (Å²) in [6.45, 7) is 3.63. The minimum atomic E-state index is -1.20. The first kappa shape index (κ1) is 32.1. The SMILES string of the molecule is COc1ccc(OC)c(CCN(C(=O)CC(C)C)C2C=C(C(=O)NCCO)C3c4cc(CO)cc(OC)c4OC3C2O)c1. The molecule has 0 radical (unpaired) electrons. The van der Waals surface area contributed by atoms with E-state index >= 15 is 0 Å². The summed E-state index contributed by atoms with van der Waals surface area (Å²) >= 11 is 0. The van der Waals surface area contributed by atoms with E-state index in [9.17, 15) is 24.9 Å². The quantitative estimate of drug-likeness (QED) is 0.272. The summed E-state index contributed by atoms with van der Waals surface area (Å²) in [5.74, 6) is 0.761. The smallest absolute Gasteiger partial charge is 0.247 e. The number of ether oxygens (including phenoxy) is 4. The minimum Gasteiger partial charge on any atom is -0.497 e. The third kappa shape index (κ3) is 6.74. The van der Waals surface area contributed by atoms with Crippen LogP contribution in [-0.2, 0) is 22.6 Å². The van der Waals surface area contributed by atoms with Crippen molar-refractivity contribution in [3.05, 3.63) is 58.7 Å². The van der Waals surface area contributed by atoms with Crippen LogP contribution in [0, 0.1) is 5.92 Å². The molecule has 2 aromatic carbocycles. The summed E-state index contributed by atoms with van der Waals surface area (Å²) in [5.41, 5.74) is 2.28. The van der Waals surface area contributed by atoms with Crippen LogP contribution in [0.5, 0.6) is 23.0 Å². The number of amides is 2. The second-order valence-corrected chi connectivity index (χ2v) is 11.1. The Morgan fingerprint density at radius 1 is 1.05 bits per heavy atom. The molecule has 2 aromatic rings. The fraction of sp³-hybridized carbons (Fsp3) is 0.500. The number of aliphatic hydroxyl groups excluding tert-OH is 3. The van der Waals surface area contributed by atoms with Crippen LogP contribution in [0.3, 0.4) is 0 Å². The number of nitrogens with one attached hydrogen (secondary N) is 1. The molecule has 1 aliphatic heterocycles. The summed E-state index contributed by atoms with van der Waals surface area (Å²) < 4.78 is 22.8. The van der Waals surface area contributed by atoms with E-state index in [-0.39, 0.29) is 44.5 Å². The van der Waals surface area contributed by atoms with E-state index < -0.39 is 30.1 Å². The Morgan fingerprint density at radius 3 is 2.42 bits per heavy atom. The van der Waals surface area contributed by atoms with Gasteiger partial charge in [-0.15, -0.1) is 0 Å². The van der Waals surface area contributed by atoms with Gasteiger partial charge in [-0.25, -0.2) is 0 Å². The predicted octanol–water partition coefficient (Wildman–Crippen LogP) is 1.94. The van der Waals surface area contributed by atoms with E-state index in [1.807, 2.05) is 19.9 Å². The Kier molecular flexibility index (Phi) is 10.5. The largest absolute Gasteiger partial charge is 0.497 e. The van der Waals surface area contributed by atoms with Crippen LogP contribution in [0.25, 0.3) is 0 Å². The molecule has 234 valence electrons. The highest BCUT2D eigenvalue weighted by molar-refractivity contribution is 5.96. The molecule has 0 bridgehead atoms. The fourth-order valence-corrected chi connectivity index (χ4v) is 5.84. The maximum atomic E-state index is 13.7. The number of carbonyl (C=O) groups is 2. The van der Waals surface area contributed by atoms with Crippen molar-refractivity contribution in [2.24, 2.45) is 5.92 Å². The molecule has 0 saturated carbocycles. The zero-order valence-corrected chi connectivity index (χ0v) is 25.3. The lowest BCUT2D eigenvalue weighted by molar-refractivity contribution is -0.137. The van der Waals surface area contributed by atoms with E-state index in [0.717, 1.165) is 5.56 Å². The van der Waals surface area contributed by atoms with Crippen LogP contribution >= 0.6 is 0 Å². The van der Waals surface area contributed by atoms with Crippen molar-refractivity contribution in [3.63, 3.8) is 0 Å². The molecule has 0 saturated heterocycles. The number of benzene rings is 2. The van der Waals surface area contributed by atoms with Gasteiger partial charge in [0.2, 0.25) is 11.8 Å². The van der Waals surface area contributed by atoms with Gasteiger partial charge in [-0.2, -0.15) is 0 Å². The van der Waals surface area contributed by atoms with Crippen molar-refractivity contribution in [3.8, 4) is 23.0 Å². The number of fused-ring (bicyclic) bond motifs is 3. The van der Waals surface area contributed by atoms with Gasteiger partial charge in [0, 0.05) is 30.6 Å². The molecule has 0 spiro atoms. The van der Waals surface area contributed by atoms with Gasteiger partial charge in [0.1, 0.15) is 23.7 Å². The standard InChI is InChI=1S/C32H42N2O9/c1-18(2)12-27(37)34(10-8-20-15-21(40-3)6-7-25(20)41-4)24-16-23(32(39)33-9-11-35)28-22-13-19(17-36)14-26(42-5)30(22)43-31(28)29(24)38/h6-7,13-16,18,24,28-29,31,35-36,38H,8-12,17H2,1-5H3,(H,33,39). The molecule has 1 aliphatic carbocycles. The van der Waals surface area contributed by atoms with Crippen molar-refractivity contribution >= 4 is 11.8 Å². The van der Waals surface area contributed by atoms with Crippen molar-refractivity contribution in [2.45, 2.75) is 57.5 Å². The van der Waals surface area contributed by atoms with Gasteiger partial charge < -0.3 is 44.5 Å². The molecule has 1 heterocycles. The van der Waals surface area contributed by atoms with E-state index in [1.54, 1.807) is 49.5 Å². The number of methoxy groups -OCH3 is 3. The van der Waals surface area contributed by atoms with Gasteiger partial charge in [-0.05, 0) is 59.9 Å². The molecule has 0 aromatic heterocycles. The van der Waals surface area contributed by atoms with Crippen molar-refractivity contribution in [1.29, 1.82) is 0 Å². The van der Waals surface area contributed by atoms with Crippen molar-refractivity contribution < 1.29 is 43.9 Å².